The normalized spacial score (nSPS) is 21.1. The number of amides is 1. The standard InChI is InChI=1S/C8H5BrN2O/c9-5-3-7-6(10-4-5)1-2-8(12)11-7/h1-3H,4H2. The first-order valence-corrected chi connectivity index (χ1v) is 4.26. The lowest BCUT2D eigenvalue weighted by molar-refractivity contribution is -0.113. The maximum absolute atomic E-state index is 10.9. The van der Waals surface area contributed by atoms with Crippen LogP contribution in [0.15, 0.2) is 32.7 Å². The molecular formula is C8H5BrN2O. The zero-order valence-corrected chi connectivity index (χ0v) is 7.71. The summed E-state index contributed by atoms with van der Waals surface area (Å²) in [6.45, 7) is 0.632. The number of nitrogens with zero attached hydrogens (tertiary/aromatic N) is 2. The Hall–Kier alpha value is -1.03. The van der Waals surface area contributed by atoms with Crippen LogP contribution in [0.2, 0.25) is 0 Å². The zero-order valence-electron chi connectivity index (χ0n) is 6.12. The third-order valence-electron chi connectivity index (χ3n) is 1.57. The zero-order chi connectivity index (χ0) is 8.55. The number of rotatable bonds is 0. The molecule has 4 heteroatoms. The fraction of sp³-hybridized carbons (Fsp3) is 0.125. The van der Waals surface area contributed by atoms with Crippen LogP contribution in [-0.2, 0) is 4.79 Å². The van der Waals surface area contributed by atoms with Crippen molar-refractivity contribution >= 4 is 33.3 Å². The Morgan fingerprint density at radius 1 is 1.33 bits per heavy atom. The predicted molar refractivity (Wildman–Crippen MR) is 50.9 cm³/mol. The summed E-state index contributed by atoms with van der Waals surface area (Å²) >= 11 is 3.31. The molecule has 12 heavy (non-hydrogen) atoms. The lowest BCUT2D eigenvalue weighted by Gasteiger charge is -2.10. The minimum Gasteiger partial charge on any atom is -0.278 e. The largest absolute Gasteiger partial charge is 0.278 e. The Kier molecular flexibility index (Phi) is 1.77. The van der Waals surface area contributed by atoms with E-state index in [4.69, 9.17) is 0 Å². The van der Waals surface area contributed by atoms with Crippen LogP contribution in [-0.4, -0.2) is 23.9 Å². The van der Waals surface area contributed by atoms with Crippen molar-refractivity contribution in [3.63, 3.8) is 0 Å². The van der Waals surface area contributed by atoms with E-state index in [1.165, 1.54) is 6.08 Å². The van der Waals surface area contributed by atoms with E-state index in [1.54, 1.807) is 6.08 Å². The van der Waals surface area contributed by atoms with Crippen LogP contribution in [0, 0.1) is 0 Å². The van der Waals surface area contributed by atoms with E-state index < -0.39 is 0 Å². The molecule has 1 amide bonds. The molecule has 0 aromatic rings. The molecule has 0 unspecified atom stereocenters. The molecule has 0 N–H and O–H groups in total. The Morgan fingerprint density at radius 2 is 2.17 bits per heavy atom. The number of fused-ring (bicyclic) bond motifs is 1. The number of aliphatic imine (C=N–C) groups is 2. The summed E-state index contributed by atoms with van der Waals surface area (Å²) in [5.74, 6) is -0.220. The molecule has 0 saturated carbocycles. The molecule has 2 aliphatic rings. The molecule has 0 bridgehead atoms. The number of hydrogen-bond acceptors (Lipinski definition) is 2. The van der Waals surface area contributed by atoms with E-state index in [1.807, 2.05) is 6.08 Å². The van der Waals surface area contributed by atoms with Crippen LogP contribution in [0.1, 0.15) is 0 Å². The Balaban J connectivity index is 2.43. The monoisotopic (exact) mass is 224 g/mol. The number of hydrogen-bond donors (Lipinski definition) is 0. The topological polar surface area (TPSA) is 41.8 Å². The molecule has 3 nitrogen and oxygen atoms in total. The third kappa shape index (κ3) is 1.30. The van der Waals surface area contributed by atoms with E-state index in [9.17, 15) is 4.79 Å². The summed E-state index contributed by atoms with van der Waals surface area (Å²) in [4.78, 5) is 18.9. The van der Waals surface area contributed by atoms with E-state index in [-0.39, 0.29) is 5.91 Å². The molecule has 0 radical (unpaired) electrons. The van der Waals surface area contributed by atoms with Crippen LogP contribution >= 0.6 is 15.9 Å². The average Bonchev–Trinajstić information content (AvgIpc) is 2.03. The Morgan fingerprint density at radius 3 is 3.00 bits per heavy atom. The molecule has 0 saturated heterocycles. The van der Waals surface area contributed by atoms with Crippen LogP contribution in [0.3, 0.4) is 0 Å². The van der Waals surface area contributed by atoms with Gasteiger partial charge in [0, 0.05) is 10.6 Å². The van der Waals surface area contributed by atoms with Gasteiger partial charge in [0.1, 0.15) is 0 Å². The number of dihydropyridines is 2. The first kappa shape index (κ1) is 7.61. The molecule has 0 aliphatic carbocycles. The fourth-order valence-corrected chi connectivity index (χ4v) is 1.39. The second kappa shape index (κ2) is 2.79. The van der Waals surface area contributed by atoms with Gasteiger partial charge in [0.15, 0.2) is 0 Å². The highest BCUT2D eigenvalue weighted by molar-refractivity contribution is 9.11. The van der Waals surface area contributed by atoms with Crippen LogP contribution in [0.25, 0.3) is 0 Å². The average molecular weight is 225 g/mol. The van der Waals surface area contributed by atoms with Crippen molar-refractivity contribution in [3.05, 3.63) is 22.7 Å². The predicted octanol–water partition coefficient (Wildman–Crippen LogP) is 1.26. The van der Waals surface area contributed by atoms with Gasteiger partial charge in [-0.1, -0.05) is 15.9 Å². The van der Waals surface area contributed by atoms with Gasteiger partial charge in [0.25, 0.3) is 5.91 Å². The van der Waals surface area contributed by atoms with Gasteiger partial charge in [-0.25, -0.2) is 4.99 Å². The van der Waals surface area contributed by atoms with Crippen LogP contribution < -0.4 is 0 Å². The molecule has 0 aromatic heterocycles. The molecule has 2 heterocycles. The molecule has 0 spiro atoms. The van der Waals surface area contributed by atoms with Crippen molar-refractivity contribution in [2.24, 2.45) is 9.98 Å². The van der Waals surface area contributed by atoms with E-state index in [0.717, 1.165) is 10.2 Å². The van der Waals surface area contributed by atoms with Crippen molar-refractivity contribution in [1.82, 2.24) is 0 Å². The SMILES string of the molecule is O=C1C=CC2=NCC(Br)=CC2=N1. The van der Waals surface area contributed by atoms with Crippen molar-refractivity contribution in [2.75, 3.05) is 6.54 Å². The Labute approximate surface area is 77.7 Å². The second-order valence-electron chi connectivity index (χ2n) is 2.46. The maximum Gasteiger partial charge on any atom is 0.270 e. The first-order valence-electron chi connectivity index (χ1n) is 3.47. The van der Waals surface area contributed by atoms with Gasteiger partial charge in [0.05, 0.1) is 18.0 Å². The quantitative estimate of drug-likeness (QED) is 0.611. The molecule has 0 fully saturated rings. The van der Waals surface area contributed by atoms with Gasteiger partial charge in [-0.3, -0.25) is 9.79 Å². The van der Waals surface area contributed by atoms with E-state index in [0.29, 0.717) is 12.3 Å². The van der Waals surface area contributed by atoms with Gasteiger partial charge >= 0.3 is 0 Å². The summed E-state index contributed by atoms with van der Waals surface area (Å²) in [6, 6.07) is 0. The van der Waals surface area contributed by atoms with Crippen LogP contribution in [0.4, 0.5) is 0 Å². The maximum atomic E-state index is 10.9. The van der Waals surface area contributed by atoms with Gasteiger partial charge in [-0.05, 0) is 12.2 Å². The smallest absolute Gasteiger partial charge is 0.270 e. The molecular weight excluding hydrogens is 220 g/mol. The number of carbonyl (C=O) groups is 1. The first-order chi connectivity index (χ1) is 5.75. The van der Waals surface area contributed by atoms with E-state index in [2.05, 4.69) is 25.9 Å². The van der Waals surface area contributed by atoms with Crippen molar-refractivity contribution < 1.29 is 4.79 Å². The Bertz CT molecular complexity index is 363. The molecule has 2 aliphatic heterocycles. The summed E-state index contributed by atoms with van der Waals surface area (Å²) in [6.07, 6.45) is 4.94. The highest BCUT2D eigenvalue weighted by Crippen LogP contribution is 2.13. The van der Waals surface area contributed by atoms with Gasteiger partial charge in [-0.15, -0.1) is 0 Å². The third-order valence-corrected chi connectivity index (χ3v) is 2.05. The molecule has 0 atom stereocenters. The minimum atomic E-state index is -0.220. The highest BCUT2D eigenvalue weighted by Gasteiger charge is 2.14. The second-order valence-corrected chi connectivity index (χ2v) is 3.48. The van der Waals surface area contributed by atoms with Gasteiger partial charge in [-0.2, -0.15) is 0 Å². The summed E-state index contributed by atoms with van der Waals surface area (Å²) in [5, 5.41) is 0. The van der Waals surface area contributed by atoms with E-state index >= 15 is 0 Å². The van der Waals surface area contributed by atoms with Crippen molar-refractivity contribution in [2.45, 2.75) is 0 Å². The summed E-state index contributed by atoms with van der Waals surface area (Å²) in [7, 11) is 0. The summed E-state index contributed by atoms with van der Waals surface area (Å²) in [5.41, 5.74) is 1.44. The van der Waals surface area contributed by atoms with Gasteiger partial charge < -0.3 is 0 Å². The van der Waals surface area contributed by atoms with Gasteiger partial charge in [0.2, 0.25) is 0 Å². The lowest BCUT2D eigenvalue weighted by atomic mass is 10.1. The lowest BCUT2D eigenvalue weighted by Crippen LogP contribution is -2.19. The molecule has 60 valence electrons. The highest BCUT2D eigenvalue weighted by atomic mass is 79.9. The number of halogens is 1. The fourth-order valence-electron chi connectivity index (χ4n) is 1.04. The molecule has 2 rings (SSSR count). The van der Waals surface area contributed by atoms with Crippen LogP contribution in [0.5, 0.6) is 0 Å². The van der Waals surface area contributed by atoms with Crippen molar-refractivity contribution in [1.29, 1.82) is 0 Å². The number of allylic oxidation sites excluding steroid dienone is 2. The summed E-state index contributed by atoms with van der Waals surface area (Å²) < 4.78 is 0.952. The number of carbonyl (C=O) groups excluding carboxylic acids is 1. The molecule has 0 aromatic carbocycles. The van der Waals surface area contributed by atoms with Crippen molar-refractivity contribution in [3.8, 4) is 0 Å². The minimum absolute atomic E-state index is 0.220.